The van der Waals surface area contributed by atoms with Crippen LogP contribution in [0.3, 0.4) is 0 Å². The summed E-state index contributed by atoms with van der Waals surface area (Å²) in [6, 6.07) is 7.51. The standard InChI is InChI=1S/C15H17N3O3S/c1-10-7-17-15(20)18-14(10)22-9-13(19)16-8-11-5-3-4-6-12(11)21-2/h3-7H,8-9H2,1-2H3,(H,16,19)(H,17,18,20). The van der Waals surface area contributed by atoms with Crippen LogP contribution in [0.5, 0.6) is 5.75 Å². The van der Waals surface area contributed by atoms with E-state index in [-0.39, 0.29) is 11.7 Å². The number of para-hydroxylation sites is 1. The van der Waals surface area contributed by atoms with E-state index in [9.17, 15) is 9.59 Å². The lowest BCUT2D eigenvalue weighted by Gasteiger charge is -2.09. The van der Waals surface area contributed by atoms with Crippen LogP contribution < -0.4 is 15.7 Å². The molecule has 2 rings (SSSR count). The van der Waals surface area contributed by atoms with Gasteiger partial charge < -0.3 is 15.0 Å². The third-order valence-electron chi connectivity index (χ3n) is 2.96. The Hall–Kier alpha value is -2.28. The highest BCUT2D eigenvalue weighted by molar-refractivity contribution is 7.99. The molecular formula is C15H17N3O3S. The molecule has 0 bridgehead atoms. The summed E-state index contributed by atoms with van der Waals surface area (Å²) in [6.45, 7) is 2.23. The summed E-state index contributed by atoms with van der Waals surface area (Å²) in [5.74, 6) is 0.812. The minimum absolute atomic E-state index is 0.127. The molecule has 1 heterocycles. The fourth-order valence-electron chi connectivity index (χ4n) is 1.82. The number of benzene rings is 1. The molecule has 0 unspecified atom stereocenters. The Morgan fingerprint density at radius 2 is 2.18 bits per heavy atom. The zero-order valence-corrected chi connectivity index (χ0v) is 13.2. The highest BCUT2D eigenvalue weighted by Crippen LogP contribution is 2.18. The van der Waals surface area contributed by atoms with Crippen LogP contribution in [0.1, 0.15) is 11.1 Å². The lowest BCUT2D eigenvalue weighted by Crippen LogP contribution is -2.25. The number of carbonyl (C=O) groups excluding carboxylic acids is 1. The lowest BCUT2D eigenvalue weighted by atomic mass is 10.2. The van der Waals surface area contributed by atoms with Gasteiger partial charge in [0.05, 0.1) is 12.9 Å². The van der Waals surface area contributed by atoms with Gasteiger partial charge in [0.1, 0.15) is 10.8 Å². The van der Waals surface area contributed by atoms with E-state index in [4.69, 9.17) is 4.74 Å². The van der Waals surface area contributed by atoms with Crippen LogP contribution in [0.2, 0.25) is 0 Å². The van der Waals surface area contributed by atoms with Gasteiger partial charge in [0.2, 0.25) is 5.91 Å². The molecule has 1 amide bonds. The molecule has 0 spiro atoms. The molecule has 0 atom stereocenters. The van der Waals surface area contributed by atoms with Crippen LogP contribution in [0.15, 0.2) is 40.3 Å². The molecule has 0 aliphatic carbocycles. The Balaban J connectivity index is 1.88. The van der Waals surface area contributed by atoms with Crippen LogP contribution in [0.25, 0.3) is 0 Å². The van der Waals surface area contributed by atoms with Crippen LogP contribution in [0.4, 0.5) is 0 Å². The number of carbonyl (C=O) groups is 1. The third-order valence-corrected chi connectivity index (χ3v) is 4.05. The SMILES string of the molecule is COc1ccccc1CNC(=O)CSc1nc(=O)[nH]cc1C. The maximum absolute atomic E-state index is 11.9. The van der Waals surface area contributed by atoms with Crippen LogP contribution in [-0.4, -0.2) is 28.7 Å². The number of H-pyrrole nitrogens is 1. The molecule has 22 heavy (non-hydrogen) atoms. The van der Waals surface area contributed by atoms with Crippen molar-refractivity contribution in [2.24, 2.45) is 0 Å². The monoisotopic (exact) mass is 319 g/mol. The molecule has 0 radical (unpaired) electrons. The number of amides is 1. The number of hydrogen-bond donors (Lipinski definition) is 2. The molecule has 116 valence electrons. The molecular weight excluding hydrogens is 302 g/mol. The van der Waals surface area contributed by atoms with Crippen molar-refractivity contribution >= 4 is 17.7 Å². The first-order chi connectivity index (χ1) is 10.6. The number of ether oxygens (including phenoxy) is 1. The highest BCUT2D eigenvalue weighted by atomic mass is 32.2. The van der Waals surface area contributed by atoms with Gasteiger partial charge in [-0.1, -0.05) is 30.0 Å². The predicted octanol–water partition coefficient (Wildman–Crippen LogP) is 1.50. The van der Waals surface area contributed by atoms with Gasteiger partial charge in [0, 0.05) is 18.3 Å². The van der Waals surface area contributed by atoms with Crippen molar-refractivity contribution in [3.05, 3.63) is 52.1 Å². The smallest absolute Gasteiger partial charge is 0.345 e. The quantitative estimate of drug-likeness (QED) is 0.622. The first-order valence-corrected chi connectivity index (χ1v) is 7.66. The Labute approximate surface area is 132 Å². The molecule has 6 nitrogen and oxygen atoms in total. The van der Waals surface area contributed by atoms with Gasteiger partial charge in [0.15, 0.2) is 0 Å². The van der Waals surface area contributed by atoms with E-state index in [2.05, 4.69) is 15.3 Å². The number of methoxy groups -OCH3 is 1. The van der Waals surface area contributed by atoms with Gasteiger partial charge >= 0.3 is 5.69 Å². The lowest BCUT2D eigenvalue weighted by molar-refractivity contribution is -0.118. The average molecular weight is 319 g/mol. The number of nitrogens with one attached hydrogen (secondary N) is 2. The van der Waals surface area contributed by atoms with E-state index in [1.165, 1.54) is 11.8 Å². The van der Waals surface area contributed by atoms with E-state index in [1.807, 2.05) is 31.2 Å². The van der Waals surface area contributed by atoms with Gasteiger partial charge in [-0.2, -0.15) is 4.98 Å². The van der Waals surface area contributed by atoms with Gasteiger partial charge in [0.25, 0.3) is 0 Å². The largest absolute Gasteiger partial charge is 0.496 e. The molecule has 0 aliphatic heterocycles. The second kappa shape index (κ2) is 7.65. The normalized spacial score (nSPS) is 10.3. The van der Waals surface area contributed by atoms with Gasteiger partial charge in [-0.05, 0) is 18.6 Å². The summed E-state index contributed by atoms with van der Waals surface area (Å²) in [6.07, 6.45) is 1.59. The zero-order valence-electron chi connectivity index (χ0n) is 12.4. The molecule has 1 aromatic heterocycles. The summed E-state index contributed by atoms with van der Waals surface area (Å²) >= 11 is 1.24. The first-order valence-electron chi connectivity index (χ1n) is 6.68. The number of rotatable bonds is 6. The Morgan fingerprint density at radius 1 is 1.41 bits per heavy atom. The second-order valence-electron chi connectivity index (χ2n) is 4.57. The van der Waals surface area contributed by atoms with E-state index in [0.29, 0.717) is 11.6 Å². The summed E-state index contributed by atoms with van der Waals surface area (Å²) in [4.78, 5) is 29.4. The first kappa shape index (κ1) is 16.1. The fraction of sp³-hybridized carbons (Fsp3) is 0.267. The second-order valence-corrected chi connectivity index (χ2v) is 5.54. The zero-order chi connectivity index (χ0) is 15.9. The Kier molecular flexibility index (Phi) is 5.60. The Bertz CT molecular complexity index is 715. The van der Waals surface area contributed by atoms with Gasteiger partial charge in [-0.25, -0.2) is 4.79 Å². The molecule has 2 aromatic rings. The highest BCUT2D eigenvalue weighted by Gasteiger charge is 2.08. The average Bonchev–Trinajstić information content (AvgIpc) is 2.54. The number of nitrogens with zero attached hydrogens (tertiary/aromatic N) is 1. The van der Waals surface area contributed by atoms with Crippen molar-refractivity contribution in [1.82, 2.24) is 15.3 Å². The Morgan fingerprint density at radius 3 is 2.95 bits per heavy atom. The van der Waals surface area contributed by atoms with Crippen LogP contribution in [0, 0.1) is 6.92 Å². The summed E-state index contributed by atoms with van der Waals surface area (Å²) < 4.78 is 5.23. The van der Waals surface area contributed by atoms with E-state index >= 15 is 0 Å². The number of aryl methyl sites for hydroxylation is 1. The van der Waals surface area contributed by atoms with Crippen molar-refractivity contribution in [2.45, 2.75) is 18.5 Å². The van der Waals surface area contributed by atoms with Crippen molar-refractivity contribution in [3.8, 4) is 5.75 Å². The number of thioether (sulfide) groups is 1. The molecule has 0 fully saturated rings. The van der Waals surface area contributed by atoms with Crippen LogP contribution in [-0.2, 0) is 11.3 Å². The van der Waals surface area contributed by atoms with E-state index in [1.54, 1.807) is 13.3 Å². The maximum Gasteiger partial charge on any atom is 0.345 e. The molecule has 0 saturated carbocycles. The number of aromatic amines is 1. The summed E-state index contributed by atoms with van der Waals surface area (Å²) in [5, 5.41) is 3.39. The van der Waals surface area contributed by atoms with Crippen LogP contribution >= 0.6 is 11.8 Å². The van der Waals surface area contributed by atoms with Crippen molar-refractivity contribution in [3.63, 3.8) is 0 Å². The van der Waals surface area contributed by atoms with E-state index in [0.717, 1.165) is 16.9 Å². The summed E-state index contributed by atoms with van der Waals surface area (Å²) in [5.41, 5.74) is 1.33. The van der Waals surface area contributed by atoms with Gasteiger partial charge in [-0.3, -0.25) is 4.79 Å². The summed E-state index contributed by atoms with van der Waals surface area (Å²) in [7, 11) is 1.60. The number of aromatic nitrogens is 2. The fourth-order valence-corrected chi connectivity index (χ4v) is 2.62. The van der Waals surface area contributed by atoms with Crippen molar-refractivity contribution in [1.29, 1.82) is 0 Å². The predicted molar refractivity (Wildman–Crippen MR) is 85.2 cm³/mol. The molecule has 0 aliphatic rings. The molecule has 0 saturated heterocycles. The number of hydrogen-bond acceptors (Lipinski definition) is 5. The minimum Gasteiger partial charge on any atom is -0.496 e. The molecule has 1 aromatic carbocycles. The molecule has 7 heteroatoms. The molecule has 2 N–H and O–H groups in total. The minimum atomic E-state index is -0.414. The van der Waals surface area contributed by atoms with Crippen molar-refractivity contribution < 1.29 is 9.53 Å². The maximum atomic E-state index is 11.9. The van der Waals surface area contributed by atoms with Crippen molar-refractivity contribution in [2.75, 3.05) is 12.9 Å². The topological polar surface area (TPSA) is 84.1 Å². The third kappa shape index (κ3) is 4.36. The van der Waals surface area contributed by atoms with E-state index < -0.39 is 5.69 Å². The van der Waals surface area contributed by atoms with Gasteiger partial charge in [-0.15, -0.1) is 0 Å².